The van der Waals surface area contributed by atoms with Crippen molar-refractivity contribution in [1.82, 2.24) is 18.8 Å². The number of benzene rings is 1. The number of hydrogen-bond acceptors (Lipinski definition) is 4. The molecule has 0 amide bonds. The van der Waals surface area contributed by atoms with Crippen LogP contribution in [-0.2, 0) is 22.6 Å². The number of rotatable bonds is 5. The molecule has 0 bridgehead atoms. The number of alkyl halides is 3. The average molecular weight is 453 g/mol. The Balaban J connectivity index is 1.56. The smallest absolute Gasteiger partial charge is 0.302 e. The molecule has 0 radical (unpaired) electrons. The molecule has 0 spiro atoms. The van der Waals surface area contributed by atoms with Crippen LogP contribution in [0.1, 0.15) is 43.6 Å². The highest BCUT2D eigenvalue weighted by molar-refractivity contribution is 7.89. The largest absolute Gasteiger partial charge is 0.449 e. The normalized spacial score (nSPS) is 16.8. The number of halogens is 3. The molecule has 1 aliphatic rings. The molecular weight excluding hydrogens is 429 g/mol. The lowest BCUT2D eigenvalue weighted by molar-refractivity contribution is -0.147. The van der Waals surface area contributed by atoms with E-state index in [0.717, 1.165) is 23.0 Å². The van der Waals surface area contributed by atoms with Gasteiger partial charge in [0.15, 0.2) is 5.65 Å². The Bertz CT molecular complexity index is 1170. The molecule has 3 aromatic rings. The van der Waals surface area contributed by atoms with Crippen molar-refractivity contribution in [2.45, 2.75) is 49.7 Å². The van der Waals surface area contributed by atoms with Crippen LogP contribution < -0.4 is 0 Å². The molecule has 0 atom stereocenters. The van der Waals surface area contributed by atoms with Crippen LogP contribution in [0.5, 0.6) is 0 Å². The predicted molar refractivity (Wildman–Crippen MR) is 110 cm³/mol. The number of pyridine rings is 1. The van der Waals surface area contributed by atoms with Gasteiger partial charge in [-0.05, 0) is 49.1 Å². The number of aromatic nitrogens is 3. The van der Waals surface area contributed by atoms with Crippen molar-refractivity contribution in [2.24, 2.45) is 0 Å². The van der Waals surface area contributed by atoms with Crippen LogP contribution in [0.2, 0.25) is 0 Å². The second-order valence-electron chi connectivity index (χ2n) is 7.68. The van der Waals surface area contributed by atoms with E-state index in [4.69, 9.17) is 0 Å². The molecule has 0 aliphatic carbocycles. The van der Waals surface area contributed by atoms with E-state index in [-0.39, 0.29) is 42.0 Å². The summed E-state index contributed by atoms with van der Waals surface area (Å²) in [5.74, 6) is -0.992. The van der Waals surface area contributed by atoms with Gasteiger partial charge in [-0.1, -0.05) is 25.5 Å². The molecule has 2 aromatic heterocycles. The molecule has 1 aliphatic heterocycles. The first-order valence-corrected chi connectivity index (χ1v) is 11.6. The van der Waals surface area contributed by atoms with Gasteiger partial charge in [0.05, 0.1) is 4.90 Å². The first kappa shape index (κ1) is 21.8. The zero-order valence-corrected chi connectivity index (χ0v) is 17.8. The van der Waals surface area contributed by atoms with Crippen molar-refractivity contribution < 1.29 is 21.6 Å². The van der Waals surface area contributed by atoms with Crippen LogP contribution in [-0.4, -0.2) is 40.3 Å². The molecule has 1 aromatic carbocycles. The molecule has 10 heteroatoms. The van der Waals surface area contributed by atoms with Gasteiger partial charge in [0, 0.05) is 25.3 Å². The molecule has 166 valence electrons. The summed E-state index contributed by atoms with van der Waals surface area (Å²) >= 11 is 0. The van der Waals surface area contributed by atoms with E-state index >= 15 is 0 Å². The van der Waals surface area contributed by atoms with Crippen molar-refractivity contribution in [3.63, 3.8) is 0 Å². The number of nitrogens with zero attached hydrogens (tertiary/aromatic N) is 4. The van der Waals surface area contributed by atoms with Gasteiger partial charge in [-0.3, -0.25) is 0 Å². The van der Waals surface area contributed by atoms with Gasteiger partial charge < -0.3 is 4.57 Å². The Morgan fingerprint density at radius 2 is 1.77 bits per heavy atom. The number of fused-ring (bicyclic) bond motifs is 1. The topological polar surface area (TPSA) is 68.1 Å². The molecule has 3 heterocycles. The molecule has 31 heavy (non-hydrogen) atoms. The maximum Gasteiger partial charge on any atom is 0.449 e. The van der Waals surface area contributed by atoms with E-state index in [2.05, 4.69) is 16.9 Å². The lowest BCUT2D eigenvalue weighted by Gasteiger charge is -2.32. The Kier molecular flexibility index (Phi) is 5.78. The second kappa shape index (κ2) is 8.23. The number of aryl methyl sites for hydroxylation is 1. The lowest BCUT2D eigenvalue weighted by atomic mass is 10.1. The Morgan fingerprint density at radius 1 is 1.10 bits per heavy atom. The van der Waals surface area contributed by atoms with Gasteiger partial charge in [0.2, 0.25) is 15.8 Å². The van der Waals surface area contributed by atoms with Crippen molar-refractivity contribution in [2.75, 3.05) is 13.1 Å². The fourth-order valence-corrected chi connectivity index (χ4v) is 5.55. The van der Waals surface area contributed by atoms with Crippen molar-refractivity contribution >= 4 is 21.2 Å². The Morgan fingerprint density at radius 3 is 2.39 bits per heavy atom. The fraction of sp³-hybridized carbons (Fsp3) is 0.429. The SMILES string of the molecule is CCCc1ccc(S(=O)(=O)N2CCC(n3c(C(F)(F)F)nc4cccnc43)CC2)cc1. The van der Waals surface area contributed by atoms with E-state index < -0.39 is 28.1 Å². The fourth-order valence-electron chi connectivity index (χ4n) is 4.08. The number of hydrogen-bond donors (Lipinski definition) is 0. The van der Waals surface area contributed by atoms with Crippen molar-refractivity contribution in [3.8, 4) is 0 Å². The van der Waals surface area contributed by atoms with Gasteiger partial charge in [-0.15, -0.1) is 0 Å². The van der Waals surface area contributed by atoms with Gasteiger partial charge in [0.25, 0.3) is 0 Å². The maximum absolute atomic E-state index is 13.6. The third-order valence-corrected chi connectivity index (χ3v) is 7.50. The molecule has 4 rings (SSSR count). The van der Waals surface area contributed by atoms with E-state index in [1.807, 2.05) is 12.1 Å². The first-order valence-electron chi connectivity index (χ1n) is 10.2. The van der Waals surface area contributed by atoms with E-state index in [1.165, 1.54) is 16.6 Å². The van der Waals surface area contributed by atoms with E-state index in [9.17, 15) is 21.6 Å². The third kappa shape index (κ3) is 4.18. The first-order chi connectivity index (χ1) is 14.7. The van der Waals surface area contributed by atoms with Crippen LogP contribution in [0.4, 0.5) is 13.2 Å². The highest BCUT2D eigenvalue weighted by atomic mass is 32.2. The number of imidazole rings is 1. The summed E-state index contributed by atoms with van der Waals surface area (Å²) in [5.41, 5.74) is 1.42. The van der Waals surface area contributed by atoms with Crippen LogP contribution in [0.3, 0.4) is 0 Å². The van der Waals surface area contributed by atoms with Crippen molar-refractivity contribution in [1.29, 1.82) is 0 Å². The molecule has 0 N–H and O–H groups in total. The van der Waals surface area contributed by atoms with E-state index in [1.54, 1.807) is 18.2 Å². The molecule has 0 unspecified atom stereocenters. The second-order valence-corrected chi connectivity index (χ2v) is 9.62. The predicted octanol–water partition coefficient (Wildman–Crippen LogP) is 4.43. The van der Waals surface area contributed by atoms with E-state index in [0.29, 0.717) is 0 Å². The molecule has 0 saturated carbocycles. The van der Waals surface area contributed by atoms with Crippen LogP contribution >= 0.6 is 0 Å². The standard InChI is InChI=1S/C21H23F3N4O2S/c1-2-4-15-6-8-17(9-7-15)31(29,30)27-13-10-16(11-14-27)28-19-18(5-3-12-25-19)26-20(28)21(22,23)24/h3,5-9,12,16H,2,4,10-11,13-14H2,1H3. The molecule has 6 nitrogen and oxygen atoms in total. The highest BCUT2D eigenvalue weighted by Crippen LogP contribution is 2.36. The van der Waals surface area contributed by atoms with Crippen molar-refractivity contribution in [3.05, 3.63) is 54.0 Å². The summed E-state index contributed by atoms with van der Waals surface area (Å²) in [7, 11) is -3.70. The summed E-state index contributed by atoms with van der Waals surface area (Å²) in [6.07, 6.45) is -0.847. The third-order valence-electron chi connectivity index (χ3n) is 5.59. The van der Waals surface area contributed by atoms with Crippen LogP contribution in [0.15, 0.2) is 47.5 Å². The molecule has 1 saturated heterocycles. The summed E-state index contributed by atoms with van der Waals surface area (Å²) < 4.78 is 69.3. The highest BCUT2D eigenvalue weighted by Gasteiger charge is 2.41. The molecule has 1 fully saturated rings. The Labute approximate surface area is 178 Å². The summed E-state index contributed by atoms with van der Waals surface area (Å²) in [4.78, 5) is 8.04. The maximum atomic E-state index is 13.6. The monoisotopic (exact) mass is 452 g/mol. The lowest BCUT2D eigenvalue weighted by Crippen LogP contribution is -2.39. The summed E-state index contributed by atoms with van der Waals surface area (Å²) in [6, 6.07) is 9.32. The van der Waals surface area contributed by atoms with Gasteiger partial charge >= 0.3 is 6.18 Å². The zero-order valence-electron chi connectivity index (χ0n) is 17.0. The number of piperidine rings is 1. The minimum Gasteiger partial charge on any atom is -0.302 e. The molecular formula is C21H23F3N4O2S. The number of sulfonamides is 1. The summed E-state index contributed by atoms with van der Waals surface area (Å²) in [5, 5.41) is 0. The van der Waals surface area contributed by atoms with Gasteiger partial charge in [-0.25, -0.2) is 18.4 Å². The Hall–Kier alpha value is -2.46. The van der Waals surface area contributed by atoms with Crippen LogP contribution in [0, 0.1) is 0 Å². The van der Waals surface area contributed by atoms with Gasteiger partial charge in [-0.2, -0.15) is 17.5 Å². The zero-order chi connectivity index (χ0) is 22.2. The quantitative estimate of drug-likeness (QED) is 0.575. The minimum absolute atomic E-state index is 0.132. The van der Waals surface area contributed by atoms with Crippen LogP contribution in [0.25, 0.3) is 11.2 Å². The average Bonchev–Trinajstić information content (AvgIpc) is 3.15. The summed E-state index contributed by atoms with van der Waals surface area (Å²) in [6.45, 7) is 2.32. The van der Waals surface area contributed by atoms with Gasteiger partial charge in [0.1, 0.15) is 5.52 Å². The minimum atomic E-state index is -4.62.